The molecule has 0 radical (unpaired) electrons. The molecule has 7 heteroatoms. The lowest BCUT2D eigenvalue weighted by molar-refractivity contribution is 0.220. The number of likely N-dealkylation sites (tertiary alicyclic amines) is 1. The largest absolute Gasteiger partial charge is 0.494 e. The van der Waals surface area contributed by atoms with Crippen molar-refractivity contribution in [2.24, 2.45) is 0 Å². The quantitative estimate of drug-likeness (QED) is 0.704. The molecule has 1 saturated heterocycles. The van der Waals surface area contributed by atoms with Gasteiger partial charge in [0.05, 0.1) is 6.61 Å². The average molecular weight is 344 g/mol. The molecule has 0 saturated carbocycles. The molecule has 1 aromatic heterocycles. The zero-order chi connectivity index (χ0) is 17.3. The summed E-state index contributed by atoms with van der Waals surface area (Å²) in [6.07, 6.45) is 5.71. The van der Waals surface area contributed by atoms with Crippen molar-refractivity contribution in [1.82, 2.24) is 25.2 Å². The number of rotatable bonds is 9. The number of benzene rings is 1. The molecule has 1 aromatic carbocycles. The molecule has 3 rings (SSSR count). The van der Waals surface area contributed by atoms with Crippen LogP contribution in [0.15, 0.2) is 24.3 Å². The van der Waals surface area contributed by atoms with E-state index in [1.807, 2.05) is 13.0 Å². The zero-order valence-corrected chi connectivity index (χ0v) is 15.0. The normalized spacial score (nSPS) is 15.2. The lowest BCUT2D eigenvalue weighted by Crippen LogP contribution is -2.29. The van der Waals surface area contributed by atoms with Crippen molar-refractivity contribution < 1.29 is 4.74 Å². The fourth-order valence-corrected chi connectivity index (χ4v) is 3.11. The van der Waals surface area contributed by atoms with Crippen molar-refractivity contribution in [2.45, 2.75) is 45.6 Å². The number of aromatic nitrogens is 4. The monoisotopic (exact) mass is 344 g/mol. The molecule has 136 valence electrons. The highest BCUT2D eigenvalue weighted by Crippen LogP contribution is 2.17. The number of ether oxygens (including phenoxy) is 1. The van der Waals surface area contributed by atoms with Gasteiger partial charge in [-0.05, 0) is 54.1 Å². The third-order valence-electron chi connectivity index (χ3n) is 4.46. The summed E-state index contributed by atoms with van der Waals surface area (Å²) in [4.78, 5) is 4.17. The summed E-state index contributed by atoms with van der Waals surface area (Å²) in [6.45, 7) is 6.93. The number of hydrogen-bond acceptors (Lipinski definition) is 6. The standard InChI is InChI=1S/C18H28N6O/c1-2-18-20-21-22-24(18)19-10-7-13-25-17-9-6-8-16(14-17)15-23-11-4-3-5-12-23/h6,8-9,14,19H,2-5,7,10-13,15H2,1H3. The lowest BCUT2D eigenvalue weighted by Gasteiger charge is -2.26. The van der Waals surface area contributed by atoms with Gasteiger partial charge in [0.25, 0.3) is 0 Å². The highest BCUT2D eigenvalue weighted by Gasteiger charge is 2.10. The van der Waals surface area contributed by atoms with Crippen LogP contribution in [0.1, 0.15) is 44.0 Å². The summed E-state index contributed by atoms with van der Waals surface area (Å²) in [5, 5.41) is 11.5. The van der Waals surface area contributed by atoms with Gasteiger partial charge < -0.3 is 10.2 Å². The van der Waals surface area contributed by atoms with E-state index in [1.54, 1.807) is 4.79 Å². The van der Waals surface area contributed by atoms with E-state index in [4.69, 9.17) is 4.74 Å². The summed E-state index contributed by atoms with van der Waals surface area (Å²) in [6, 6.07) is 8.47. The van der Waals surface area contributed by atoms with Gasteiger partial charge in [0, 0.05) is 25.9 Å². The van der Waals surface area contributed by atoms with Gasteiger partial charge in [-0.2, -0.15) is 0 Å². The molecule has 0 amide bonds. The molecule has 2 heterocycles. The van der Waals surface area contributed by atoms with Crippen LogP contribution < -0.4 is 10.2 Å². The molecule has 0 atom stereocenters. The molecule has 0 bridgehead atoms. The predicted molar refractivity (Wildman–Crippen MR) is 97.1 cm³/mol. The molecule has 1 aliphatic heterocycles. The first-order chi connectivity index (χ1) is 12.3. The molecule has 7 nitrogen and oxygen atoms in total. The molecule has 0 unspecified atom stereocenters. The Labute approximate surface area is 149 Å². The van der Waals surface area contributed by atoms with E-state index in [-0.39, 0.29) is 0 Å². The average Bonchev–Trinajstić information content (AvgIpc) is 3.10. The van der Waals surface area contributed by atoms with Gasteiger partial charge in [0.15, 0.2) is 5.82 Å². The van der Waals surface area contributed by atoms with Gasteiger partial charge in [-0.3, -0.25) is 4.90 Å². The lowest BCUT2D eigenvalue weighted by atomic mass is 10.1. The maximum atomic E-state index is 5.89. The first-order valence-electron chi connectivity index (χ1n) is 9.30. The van der Waals surface area contributed by atoms with E-state index in [1.165, 1.54) is 37.9 Å². The molecule has 1 aliphatic rings. The number of aryl methyl sites for hydroxylation is 1. The second kappa shape index (κ2) is 9.36. The van der Waals surface area contributed by atoms with E-state index in [2.05, 4.69) is 44.1 Å². The van der Waals surface area contributed by atoms with Crippen LogP contribution in [0.3, 0.4) is 0 Å². The van der Waals surface area contributed by atoms with E-state index in [0.717, 1.165) is 37.5 Å². The van der Waals surface area contributed by atoms with Crippen molar-refractivity contribution in [3.05, 3.63) is 35.7 Å². The van der Waals surface area contributed by atoms with Crippen LogP contribution in [-0.2, 0) is 13.0 Å². The Hall–Kier alpha value is -2.15. The van der Waals surface area contributed by atoms with E-state index in [0.29, 0.717) is 6.61 Å². The summed E-state index contributed by atoms with van der Waals surface area (Å²) >= 11 is 0. The summed E-state index contributed by atoms with van der Waals surface area (Å²) in [5.74, 6) is 1.79. The van der Waals surface area contributed by atoms with Gasteiger partial charge in [0.2, 0.25) is 0 Å². The van der Waals surface area contributed by atoms with Gasteiger partial charge in [-0.1, -0.05) is 25.5 Å². The minimum atomic E-state index is 0.670. The number of nitrogens with zero attached hydrogens (tertiary/aromatic N) is 5. The van der Waals surface area contributed by atoms with E-state index in [9.17, 15) is 0 Å². The molecular weight excluding hydrogens is 316 g/mol. The molecule has 1 fully saturated rings. The van der Waals surface area contributed by atoms with Crippen LogP contribution in [0.25, 0.3) is 0 Å². The summed E-state index contributed by atoms with van der Waals surface area (Å²) < 4.78 is 5.89. The van der Waals surface area contributed by atoms with Crippen LogP contribution in [0, 0.1) is 0 Å². The Balaban J connectivity index is 1.38. The molecule has 0 spiro atoms. The molecular formula is C18H28N6O. The van der Waals surface area contributed by atoms with Gasteiger partial charge in [-0.15, -0.1) is 9.89 Å². The van der Waals surface area contributed by atoms with E-state index < -0.39 is 0 Å². The topological polar surface area (TPSA) is 68.1 Å². The predicted octanol–water partition coefficient (Wildman–Crippen LogP) is 2.23. The summed E-state index contributed by atoms with van der Waals surface area (Å²) in [5.41, 5.74) is 4.52. The second-order valence-corrected chi connectivity index (χ2v) is 6.45. The molecule has 0 aliphatic carbocycles. The number of tetrazole rings is 1. The number of hydrogen-bond donors (Lipinski definition) is 1. The Kier molecular flexibility index (Phi) is 6.62. The third-order valence-corrected chi connectivity index (χ3v) is 4.46. The minimum Gasteiger partial charge on any atom is -0.494 e. The number of nitrogens with one attached hydrogen (secondary N) is 1. The maximum Gasteiger partial charge on any atom is 0.174 e. The minimum absolute atomic E-state index is 0.670. The van der Waals surface area contributed by atoms with Crippen LogP contribution in [0.2, 0.25) is 0 Å². The fourth-order valence-electron chi connectivity index (χ4n) is 3.11. The molecule has 1 N–H and O–H groups in total. The van der Waals surface area contributed by atoms with Crippen LogP contribution in [0.5, 0.6) is 5.75 Å². The van der Waals surface area contributed by atoms with Gasteiger partial charge >= 0.3 is 0 Å². The highest BCUT2D eigenvalue weighted by atomic mass is 16.5. The maximum absolute atomic E-state index is 5.89. The van der Waals surface area contributed by atoms with Crippen LogP contribution >= 0.6 is 0 Å². The summed E-state index contributed by atoms with van der Waals surface area (Å²) in [7, 11) is 0. The smallest absolute Gasteiger partial charge is 0.174 e. The zero-order valence-electron chi connectivity index (χ0n) is 15.0. The second-order valence-electron chi connectivity index (χ2n) is 6.45. The Bertz CT molecular complexity index is 638. The van der Waals surface area contributed by atoms with Crippen LogP contribution in [0.4, 0.5) is 0 Å². The van der Waals surface area contributed by atoms with Gasteiger partial charge in [-0.25, -0.2) is 0 Å². The van der Waals surface area contributed by atoms with Crippen molar-refractivity contribution in [3.63, 3.8) is 0 Å². The Morgan fingerprint density at radius 3 is 2.92 bits per heavy atom. The highest BCUT2D eigenvalue weighted by molar-refractivity contribution is 5.28. The first-order valence-corrected chi connectivity index (χ1v) is 9.30. The van der Waals surface area contributed by atoms with Crippen molar-refractivity contribution in [3.8, 4) is 5.75 Å². The Morgan fingerprint density at radius 1 is 1.20 bits per heavy atom. The van der Waals surface area contributed by atoms with Crippen molar-refractivity contribution in [2.75, 3.05) is 31.7 Å². The number of piperidine rings is 1. The van der Waals surface area contributed by atoms with E-state index >= 15 is 0 Å². The van der Waals surface area contributed by atoms with Gasteiger partial charge in [0.1, 0.15) is 5.75 Å². The van der Waals surface area contributed by atoms with Crippen molar-refractivity contribution in [1.29, 1.82) is 0 Å². The van der Waals surface area contributed by atoms with Crippen molar-refractivity contribution >= 4 is 0 Å². The molecule has 25 heavy (non-hydrogen) atoms. The fraction of sp³-hybridized carbons (Fsp3) is 0.611. The third kappa shape index (κ3) is 5.42. The van der Waals surface area contributed by atoms with Crippen LogP contribution in [-0.4, -0.2) is 51.5 Å². The SMILES string of the molecule is CCc1nnnn1NCCCOc1cccc(CN2CCCCC2)c1. The molecule has 2 aromatic rings. The first kappa shape index (κ1) is 17.7. The Morgan fingerprint density at radius 2 is 2.08 bits per heavy atom.